The average molecular weight is 385 g/mol. The lowest BCUT2D eigenvalue weighted by molar-refractivity contribution is -0.0317. The summed E-state index contributed by atoms with van der Waals surface area (Å²) in [6.07, 6.45) is 10.5. The lowest BCUT2D eigenvalue weighted by Crippen LogP contribution is -2.65. The highest BCUT2D eigenvalue weighted by Crippen LogP contribution is 2.71. The number of rotatable bonds is 1. The van der Waals surface area contributed by atoms with E-state index in [0.29, 0.717) is 17.8 Å². The van der Waals surface area contributed by atoms with Crippen molar-refractivity contribution in [3.8, 4) is 0 Å². The van der Waals surface area contributed by atoms with Crippen LogP contribution in [0, 0.1) is 34.5 Å². The maximum absolute atomic E-state index is 15.5. The molecule has 4 rings (SSSR count). The largest absolute Gasteiger partial charge is 0.241 e. The van der Waals surface area contributed by atoms with E-state index in [2.05, 4.69) is 39.8 Å². The van der Waals surface area contributed by atoms with Gasteiger partial charge in [-0.3, -0.25) is 0 Å². The molecule has 25 heavy (non-hydrogen) atoms. The highest BCUT2D eigenvalue weighted by atomic mass is 35.5. The maximum Gasteiger partial charge on any atom is 0.139 e. The molecule has 140 valence electrons. The van der Waals surface area contributed by atoms with Crippen LogP contribution in [0.5, 0.6) is 0 Å². The summed E-state index contributed by atoms with van der Waals surface area (Å²) in [6.45, 7) is 9.27. The van der Waals surface area contributed by atoms with E-state index < -0.39 is 21.8 Å². The minimum Gasteiger partial charge on any atom is -0.241 e. The predicted octanol–water partition coefficient (Wildman–Crippen LogP) is 6.91. The fourth-order valence-electron chi connectivity index (χ4n) is 7.51. The first-order valence-corrected chi connectivity index (χ1v) is 10.9. The van der Waals surface area contributed by atoms with Crippen molar-refractivity contribution in [2.24, 2.45) is 34.5 Å². The van der Waals surface area contributed by atoms with Gasteiger partial charge in [0.1, 0.15) is 6.17 Å². The Morgan fingerprint density at radius 1 is 1.28 bits per heavy atom. The topological polar surface area (TPSA) is 0 Å². The maximum atomic E-state index is 15.5. The lowest BCUT2D eigenvalue weighted by Gasteiger charge is -2.63. The molecule has 0 aromatic heterocycles. The van der Waals surface area contributed by atoms with Crippen molar-refractivity contribution < 1.29 is 4.39 Å². The van der Waals surface area contributed by atoms with Crippen LogP contribution in [0.3, 0.4) is 0 Å². The number of alkyl halides is 3. The lowest BCUT2D eigenvalue weighted by atomic mass is 9.46. The van der Waals surface area contributed by atoms with E-state index in [1.54, 1.807) is 0 Å². The van der Waals surface area contributed by atoms with E-state index >= 15 is 4.39 Å². The normalized spacial score (nSPS) is 57.5. The van der Waals surface area contributed by atoms with Crippen molar-refractivity contribution in [1.82, 2.24) is 0 Å². The van der Waals surface area contributed by atoms with Crippen LogP contribution >= 0.6 is 23.2 Å². The second-order valence-electron chi connectivity index (χ2n) is 9.57. The molecule has 0 N–H and O–H groups in total. The summed E-state index contributed by atoms with van der Waals surface area (Å²) in [7, 11) is 0. The summed E-state index contributed by atoms with van der Waals surface area (Å²) >= 11 is 14.3. The molecule has 4 aliphatic rings. The van der Waals surface area contributed by atoms with E-state index in [1.807, 2.05) is 6.08 Å². The highest BCUT2D eigenvalue weighted by molar-refractivity contribution is 6.28. The van der Waals surface area contributed by atoms with Crippen LogP contribution in [0.2, 0.25) is 0 Å². The number of halogens is 3. The van der Waals surface area contributed by atoms with Gasteiger partial charge < -0.3 is 0 Å². The molecule has 9 atom stereocenters. The van der Waals surface area contributed by atoms with Gasteiger partial charge in [0.25, 0.3) is 0 Å². The SMILES string of the molecule is CC[C@H]1[C@H](C)C[C@H]2[C@@H]3[C@H](Cl)[C@@H](F)C4=CCC=C[C@]4(C)[C@@]3(Cl)CC[C@@]21C. The molecule has 3 fully saturated rings. The van der Waals surface area contributed by atoms with E-state index in [1.165, 1.54) is 6.42 Å². The third kappa shape index (κ3) is 2.12. The molecule has 0 aromatic carbocycles. The summed E-state index contributed by atoms with van der Waals surface area (Å²) in [4.78, 5) is -0.461. The molecule has 0 nitrogen and oxygen atoms in total. The molecule has 3 heteroatoms. The van der Waals surface area contributed by atoms with Gasteiger partial charge in [-0.2, -0.15) is 0 Å². The van der Waals surface area contributed by atoms with Crippen LogP contribution < -0.4 is 0 Å². The van der Waals surface area contributed by atoms with Gasteiger partial charge in [-0.25, -0.2) is 4.39 Å². The Morgan fingerprint density at radius 2 is 2.00 bits per heavy atom. The Bertz CT molecular complexity index is 628. The first kappa shape index (κ1) is 18.4. The molecule has 0 spiro atoms. The molecular weight excluding hydrogens is 354 g/mol. The quantitative estimate of drug-likeness (QED) is 0.340. The number of fused-ring (bicyclic) bond motifs is 5. The molecule has 0 unspecified atom stereocenters. The zero-order chi connectivity index (χ0) is 18.2. The minimum absolute atomic E-state index is 0.0356. The van der Waals surface area contributed by atoms with E-state index in [4.69, 9.17) is 23.2 Å². The molecular formula is C22H31Cl2F. The first-order chi connectivity index (χ1) is 11.7. The molecule has 0 aliphatic heterocycles. The van der Waals surface area contributed by atoms with Gasteiger partial charge in [-0.05, 0) is 54.4 Å². The van der Waals surface area contributed by atoms with Gasteiger partial charge >= 0.3 is 0 Å². The molecule has 0 amide bonds. The van der Waals surface area contributed by atoms with Crippen molar-refractivity contribution in [1.29, 1.82) is 0 Å². The summed E-state index contributed by atoms with van der Waals surface area (Å²) < 4.78 is 15.5. The van der Waals surface area contributed by atoms with E-state index in [0.717, 1.165) is 31.3 Å². The van der Waals surface area contributed by atoms with Gasteiger partial charge in [0, 0.05) is 11.3 Å². The van der Waals surface area contributed by atoms with Gasteiger partial charge in [0.2, 0.25) is 0 Å². The Balaban J connectivity index is 1.84. The molecule has 0 heterocycles. The summed E-state index contributed by atoms with van der Waals surface area (Å²) in [5, 5.41) is -0.504. The minimum atomic E-state index is -1.08. The zero-order valence-electron chi connectivity index (χ0n) is 15.9. The third-order valence-electron chi connectivity index (χ3n) is 8.74. The Morgan fingerprint density at radius 3 is 2.68 bits per heavy atom. The van der Waals surface area contributed by atoms with Crippen LogP contribution in [-0.4, -0.2) is 16.4 Å². The molecule has 0 saturated heterocycles. The molecule has 0 aromatic rings. The second kappa shape index (κ2) is 5.74. The van der Waals surface area contributed by atoms with E-state index in [-0.39, 0.29) is 11.3 Å². The van der Waals surface area contributed by atoms with Crippen molar-refractivity contribution >= 4 is 23.2 Å². The van der Waals surface area contributed by atoms with Gasteiger partial charge in [-0.15, -0.1) is 23.2 Å². The summed E-state index contributed by atoms with van der Waals surface area (Å²) in [5.74, 6) is 1.83. The van der Waals surface area contributed by atoms with Crippen molar-refractivity contribution in [3.05, 3.63) is 23.8 Å². The van der Waals surface area contributed by atoms with Crippen LogP contribution in [0.4, 0.5) is 4.39 Å². The van der Waals surface area contributed by atoms with Crippen LogP contribution in [0.15, 0.2) is 23.8 Å². The van der Waals surface area contributed by atoms with Crippen LogP contribution in [0.1, 0.15) is 59.8 Å². The molecule has 0 radical (unpaired) electrons. The van der Waals surface area contributed by atoms with Crippen molar-refractivity contribution in [3.63, 3.8) is 0 Å². The second-order valence-corrected chi connectivity index (χ2v) is 10.8. The fourth-order valence-corrected chi connectivity index (χ4v) is 8.66. The Labute approximate surface area is 162 Å². The van der Waals surface area contributed by atoms with Gasteiger partial charge in [0.15, 0.2) is 0 Å². The fraction of sp³-hybridized carbons (Fsp3) is 0.818. The first-order valence-electron chi connectivity index (χ1n) is 10.1. The molecule has 0 bridgehead atoms. The van der Waals surface area contributed by atoms with Crippen LogP contribution in [0.25, 0.3) is 0 Å². The Kier molecular flexibility index (Phi) is 4.22. The summed E-state index contributed by atoms with van der Waals surface area (Å²) in [5.41, 5.74) is 0.680. The smallest absolute Gasteiger partial charge is 0.139 e. The van der Waals surface area contributed by atoms with Gasteiger partial charge in [0.05, 0.1) is 10.3 Å². The monoisotopic (exact) mass is 384 g/mol. The van der Waals surface area contributed by atoms with Crippen molar-refractivity contribution in [2.75, 3.05) is 0 Å². The van der Waals surface area contributed by atoms with Gasteiger partial charge in [-0.1, -0.05) is 52.3 Å². The Hall–Kier alpha value is -0.0100. The number of hydrogen-bond acceptors (Lipinski definition) is 0. The van der Waals surface area contributed by atoms with Crippen molar-refractivity contribution in [2.45, 2.75) is 76.2 Å². The van der Waals surface area contributed by atoms with Crippen LogP contribution in [-0.2, 0) is 0 Å². The summed E-state index contributed by atoms with van der Waals surface area (Å²) in [6, 6.07) is 0. The molecule has 3 saturated carbocycles. The number of hydrogen-bond donors (Lipinski definition) is 0. The highest BCUT2D eigenvalue weighted by Gasteiger charge is 2.69. The predicted molar refractivity (Wildman–Crippen MR) is 105 cm³/mol. The average Bonchev–Trinajstić information content (AvgIpc) is 2.83. The number of allylic oxidation sites excluding steroid dienone is 4. The zero-order valence-corrected chi connectivity index (χ0v) is 17.4. The molecule has 4 aliphatic carbocycles. The standard InChI is InChI=1S/C22H31Cl2F/c1-5-14-13(2)12-16-17-18(23)19(25)15-8-6-7-9-21(15,4)22(17,24)11-10-20(14,16)3/h7-9,13-14,16-19H,5-6,10-12H2,1-4H3/t13-,14+,16+,17-,18+,19+,20-,21+,22-/m1/s1. The van der Waals surface area contributed by atoms with E-state index in [9.17, 15) is 0 Å². The third-order valence-corrected chi connectivity index (χ3v) is 10.1.